The predicted molar refractivity (Wildman–Crippen MR) is 99.9 cm³/mol. The molecule has 1 heterocycles. The molecule has 0 fully saturated rings. The van der Waals surface area contributed by atoms with Gasteiger partial charge in [0.25, 0.3) is 5.69 Å². The molecule has 1 aromatic heterocycles. The summed E-state index contributed by atoms with van der Waals surface area (Å²) in [5.41, 5.74) is 1.20. The van der Waals surface area contributed by atoms with Crippen LogP contribution in [0.2, 0.25) is 0 Å². The smallest absolute Gasteiger partial charge is 0.448 e. The zero-order valence-corrected chi connectivity index (χ0v) is 16.4. The number of nitro benzene ring substituents is 1. The largest absolute Gasteiger partial charge is 0.465 e. The molecule has 0 bridgehead atoms. The number of carbonyl (C=O) groups excluding carboxylic acids is 1. The molecular weight excluding hydrogens is 375 g/mol. The van der Waals surface area contributed by atoms with Crippen LogP contribution in [0, 0.1) is 24.0 Å². The Morgan fingerprint density at radius 2 is 1.81 bits per heavy atom. The van der Waals surface area contributed by atoms with E-state index < -0.39 is 18.8 Å². The zero-order valence-electron chi connectivity index (χ0n) is 15.5. The first-order valence-electron chi connectivity index (χ1n) is 7.78. The molecule has 1 aromatic carbocycles. The summed E-state index contributed by atoms with van der Waals surface area (Å²) < 4.78 is 15.3. The minimum absolute atomic E-state index is 0.0751. The van der Waals surface area contributed by atoms with E-state index in [1.165, 1.54) is 39.5 Å². The molecule has 10 heteroatoms. The van der Waals surface area contributed by atoms with Crippen molar-refractivity contribution in [2.24, 2.45) is 0 Å². The van der Waals surface area contributed by atoms with Crippen molar-refractivity contribution in [1.29, 1.82) is 0 Å². The minimum atomic E-state index is -3.60. The topological polar surface area (TPSA) is 121 Å². The average molecular weight is 395 g/mol. The molecule has 0 aliphatic heterocycles. The second kappa shape index (κ2) is 8.06. The van der Waals surface area contributed by atoms with E-state index in [1.54, 1.807) is 19.9 Å². The van der Waals surface area contributed by atoms with Gasteiger partial charge in [0.05, 0.1) is 48.8 Å². The van der Waals surface area contributed by atoms with Gasteiger partial charge < -0.3 is 4.74 Å². The SMILES string of the molecule is COC(=O)c1c(C)nc(C)c([P+](O)(OC)OC)c1-c1cccc([N+](=O)[O-])c1. The van der Waals surface area contributed by atoms with Crippen LogP contribution >= 0.6 is 7.94 Å². The maximum Gasteiger partial charge on any atom is 0.448 e. The van der Waals surface area contributed by atoms with Crippen LogP contribution in [0.1, 0.15) is 21.7 Å². The van der Waals surface area contributed by atoms with Gasteiger partial charge in [-0.3, -0.25) is 15.1 Å². The molecule has 144 valence electrons. The number of methoxy groups -OCH3 is 1. The Balaban J connectivity index is 3.01. The number of non-ortho nitro benzene ring substituents is 1. The van der Waals surface area contributed by atoms with E-state index in [0.29, 0.717) is 17.0 Å². The van der Waals surface area contributed by atoms with Crippen molar-refractivity contribution in [2.75, 3.05) is 21.3 Å². The summed E-state index contributed by atoms with van der Waals surface area (Å²) in [5.74, 6) is -0.693. The van der Waals surface area contributed by atoms with E-state index in [-0.39, 0.29) is 22.1 Å². The molecule has 2 aromatic rings. The van der Waals surface area contributed by atoms with E-state index in [9.17, 15) is 19.8 Å². The normalized spacial score (nSPS) is 11.3. The number of hydrogen-bond acceptors (Lipinski definition) is 8. The van der Waals surface area contributed by atoms with Crippen molar-refractivity contribution in [3.05, 3.63) is 51.3 Å². The number of hydrogen-bond donors (Lipinski definition) is 1. The van der Waals surface area contributed by atoms with Crippen molar-refractivity contribution in [3.8, 4) is 11.1 Å². The highest BCUT2D eigenvalue weighted by molar-refractivity contribution is 7.69. The van der Waals surface area contributed by atoms with Gasteiger partial charge in [-0.1, -0.05) is 12.1 Å². The van der Waals surface area contributed by atoms with Crippen molar-refractivity contribution >= 4 is 24.9 Å². The summed E-state index contributed by atoms with van der Waals surface area (Å²) in [5, 5.41) is 11.4. The Morgan fingerprint density at radius 1 is 1.19 bits per heavy atom. The van der Waals surface area contributed by atoms with Gasteiger partial charge in [0.15, 0.2) is 0 Å². The lowest BCUT2D eigenvalue weighted by atomic mass is 9.97. The van der Waals surface area contributed by atoms with Crippen LogP contribution in [0.3, 0.4) is 0 Å². The number of esters is 1. The number of nitrogens with zero attached hydrogens (tertiary/aromatic N) is 2. The number of aryl methyl sites for hydroxylation is 2. The summed E-state index contributed by atoms with van der Waals surface area (Å²) >= 11 is 0. The fourth-order valence-corrected chi connectivity index (χ4v) is 4.35. The van der Waals surface area contributed by atoms with E-state index in [4.69, 9.17) is 13.8 Å². The van der Waals surface area contributed by atoms with Crippen LogP contribution in [0.5, 0.6) is 0 Å². The Labute approximate surface area is 156 Å². The molecule has 27 heavy (non-hydrogen) atoms. The van der Waals surface area contributed by atoms with Gasteiger partial charge in [0.1, 0.15) is 0 Å². The van der Waals surface area contributed by atoms with Crippen molar-refractivity contribution < 1.29 is 28.4 Å². The van der Waals surface area contributed by atoms with Gasteiger partial charge in [-0.15, -0.1) is 0 Å². The van der Waals surface area contributed by atoms with Crippen molar-refractivity contribution in [1.82, 2.24) is 4.98 Å². The van der Waals surface area contributed by atoms with Gasteiger partial charge in [-0.25, -0.2) is 4.79 Å². The Morgan fingerprint density at radius 3 is 2.33 bits per heavy atom. The first-order valence-corrected chi connectivity index (χ1v) is 9.36. The van der Waals surface area contributed by atoms with Crippen LogP contribution in [0.25, 0.3) is 11.1 Å². The average Bonchev–Trinajstić information content (AvgIpc) is 2.66. The van der Waals surface area contributed by atoms with Crippen LogP contribution in [0.15, 0.2) is 24.3 Å². The first-order chi connectivity index (χ1) is 12.7. The number of aromatic nitrogens is 1. The molecule has 2 rings (SSSR count). The standard InChI is InChI=1S/C17H20N2O7P/c1-10-14(17(20)24-3)15(12-7-6-8-13(9-12)19(21)22)16(11(2)18-10)27(23,25-4)26-5/h6-9,23H,1-5H3/q+1. The monoisotopic (exact) mass is 395 g/mol. The molecule has 0 unspecified atom stereocenters. The molecule has 0 saturated heterocycles. The highest BCUT2D eigenvalue weighted by Gasteiger charge is 2.48. The molecular formula is C17H20N2O7P+. The quantitative estimate of drug-likeness (QED) is 0.343. The Hall–Kier alpha value is -2.45. The van der Waals surface area contributed by atoms with E-state index in [0.717, 1.165) is 0 Å². The number of benzene rings is 1. The zero-order chi connectivity index (χ0) is 20.4. The van der Waals surface area contributed by atoms with E-state index in [2.05, 4.69) is 4.98 Å². The number of nitro groups is 1. The molecule has 0 saturated carbocycles. The number of rotatable bonds is 6. The maximum absolute atomic E-state index is 12.5. The van der Waals surface area contributed by atoms with Gasteiger partial charge in [0, 0.05) is 12.1 Å². The van der Waals surface area contributed by atoms with Gasteiger partial charge in [-0.05, 0) is 19.4 Å². The molecule has 0 atom stereocenters. The molecule has 9 nitrogen and oxygen atoms in total. The molecule has 0 radical (unpaired) electrons. The highest BCUT2D eigenvalue weighted by Crippen LogP contribution is 2.57. The van der Waals surface area contributed by atoms with E-state index >= 15 is 0 Å². The molecule has 0 amide bonds. The Bertz CT molecular complexity index is 897. The van der Waals surface area contributed by atoms with Crippen LogP contribution in [0.4, 0.5) is 5.69 Å². The Kier molecular flexibility index (Phi) is 6.22. The van der Waals surface area contributed by atoms with Crippen LogP contribution < -0.4 is 5.30 Å². The summed E-state index contributed by atoms with van der Waals surface area (Å²) in [6.45, 7) is 3.24. The molecule has 0 aliphatic carbocycles. The first kappa shape index (κ1) is 20.9. The fraction of sp³-hybridized carbons (Fsp3) is 0.294. The van der Waals surface area contributed by atoms with Gasteiger partial charge in [0.2, 0.25) is 5.30 Å². The molecule has 0 aliphatic rings. The second-order valence-electron chi connectivity index (χ2n) is 5.57. The summed E-state index contributed by atoms with van der Waals surface area (Å²) in [6.07, 6.45) is 0. The molecule has 0 spiro atoms. The maximum atomic E-state index is 12.5. The van der Waals surface area contributed by atoms with Gasteiger partial charge in [-0.2, -0.15) is 13.9 Å². The van der Waals surface area contributed by atoms with Crippen LogP contribution in [-0.4, -0.2) is 42.1 Å². The minimum Gasteiger partial charge on any atom is -0.465 e. The third-order valence-corrected chi connectivity index (χ3v) is 6.14. The lowest BCUT2D eigenvalue weighted by Gasteiger charge is -2.20. The summed E-state index contributed by atoms with van der Waals surface area (Å²) in [7, 11) is 0.154. The van der Waals surface area contributed by atoms with Crippen molar-refractivity contribution in [2.45, 2.75) is 13.8 Å². The number of pyridine rings is 1. The van der Waals surface area contributed by atoms with Crippen LogP contribution in [-0.2, 0) is 13.8 Å². The van der Waals surface area contributed by atoms with Crippen molar-refractivity contribution in [3.63, 3.8) is 0 Å². The highest BCUT2D eigenvalue weighted by atomic mass is 31.2. The third-order valence-electron chi connectivity index (χ3n) is 4.04. The molecule has 1 N–H and O–H groups in total. The number of carbonyl (C=O) groups is 1. The van der Waals surface area contributed by atoms with E-state index in [1.807, 2.05) is 0 Å². The lowest BCUT2D eigenvalue weighted by Crippen LogP contribution is -2.25. The summed E-state index contributed by atoms with van der Waals surface area (Å²) in [4.78, 5) is 38.4. The second-order valence-corrected chi connectivity index (χ2v) is 7.78. The predicted octanol–water partition coefficient (Wildman–Crippen LogP) is 2.73. The fourth-order valence-electron chi connectivity index (χ4n) is 2.85. The van der Waals surface area contributed by atoms with Gasteiger partial charge >= 0.3 is 13.9 Å². The number of ether oxygens (including phenoxy) is 1. The lowest BCUT2D eigenvalue weighted by molar-refractivity contribution is -0.384. The summed E-state index contributed by atoms with van der Waals surface area (Å²) in [6, 6.07) is 5.71. The third kappa shape index (κ3) is 3.81.